The summed E-state index contributed by atoms with van der Waals surface area (Å²) in [7, 11) is -1.14. The fourth-order valence-electron chi connectivity index (χ4n) is 1.99. The van der Waals surface area contributed by atoms with Crippen molar-refractivity contribution in [1.29, 1.82) is 0 Å². The van der Waals surface area contributed by atoms with Gasteiger partial charge in [0, 0.05) is 21.2 Å². The normalized spacial score (nSPS) is 12.4. The fourth-order valence-corrected chi connectivity index (χ4v) is 3.70. The van der Waals surface area contributed by atoms with Gasteiger partial charge in [0.15, 0.2) is 0 Å². The third-order valence-corrected chi connectivity index (χ3v) is 4.86. The summed E-state index contributed by atoms with van der Waals surface area (Å²) in [6.45, 7) is 3.99. The summed E-state index contributed by atoms with van der Waals surface area (Å²) < 4.78 is 12.4. The van der Waals surface area contributed by atoms with Crippen LogP contribution in [0.15, 0.2) is 41.3 Å². The average molecular weight is 294 g/mol. The number of halogens is 1. The van der Waals surface area contributed by atoms with E-state index in [9.17, 15) is 4.21 Å². The van der Waals surface area contributed by atoms with Crippen LogP contribution in [0.5, 0.6) is 0 Å². The number of hydrogen-bond donors (Lipinski definition) is 1. The van der Waals surface area contributed by atoms with Crippen LogP contribution in [-0.2, 0) is 16.6 Å². The third kappa shape index (κ3) is 3.17. The zero-order chi connectivity index (χ0) is 14.0. The first-order valence-corrected chi connectivity index (χ1v) is 7.67. The number of rotatable bonds is 3. The predicted molar refractivity (Wildman–Crippen MR) is 81.9 cm³/mol. The molecule has 0 spiro atoms. The molecule has 0 bridgehead atoms. The molecule has 0 aromatic heterocycles. The van der Waals surface area contributed by atoms with E-state index in [1.807, 2.05) is 32.0 Å². The Hall–Kier alpha value is -1.32. The molecule has 0 amide bonds. The first-order valence-electron chi connectivity index (χ1n) is 5.97. The topological polar surface area (TPSA) is 43.1 Å². The highest BCUT2D eigenvalue weighted by Gasteiger charge is 2.12. The average Bonchev–Trinajstić information content (AvgIpc) is 2.33. The molecule has 0 aliphatic heterocycles. The van der Waals surface area contributed by atoms with E-state index >= 15 is 0 Å². The maximum absolute atomic E-state index is 12.4. The van der Waals surface area contributed by atoms with Gasteiger partial charge < -0.3 is 5.73 Å². The van der Waals surface area contributed by atoms with Gasteiger partial charge in [0.2, 0.25) is 0 Å². The van der Waals surface area contributed by atoms with Crippen molar-refractivity contribution >= 4 is 28.1 Å². The van der Waals surface area contributed by atoms with E-state index in [4.69, 9.17) is 17.3 Å². The van der Waals surface area contributed by atoms with E-state index in [0.717, 1.165) is 21.6 Å². The highest BCUT2D eigenvalue weighted by molar-refractivity contribution is 7.84. The minimum atomic E-state index is -1.14. The highest BCUT2D eigenvalue weighted by atomic mass is 35.5. The summed E-state index contributed by atoms with van der Waals surface area (Å²) in [5.74, 6) is 0.343. The SMILES string of the molecule is Cc1ccc(S(=O)Cc2c(N)cccc2Cl)c(C)c1. The van der Waals surface area contributed by atoms with Gasteiger partial charge in [0.05, 0.1) is 16.6 Å². The Labute approximate surface area is 121 Å². The predicted octanol–water partition coefficient (Wildman–Crippen LogP) is 3.85. The monoisotopic (exact) mass is 293 g/mol. The van der Waals surface area contributed by atoms with Crippen molar-refractivity contribution < 1.29 is 4.21 Å². The van der Waals surface area contributed by atoms with Gasteiger partial charge in [0.25, 0.3) is 0 Å². The number of aryl methyl sites for hydroxylation is 2. The Morgan fingerprint density at radius 3 is 2.58 bits per heavy atom. The molecule has 2 aromatic carbocycles. The molecular weight excluding hydrogens is 278 g/mol. The van der Waals surface area contributed by atoms with Crippen molar-refractivity contribution in [3.05, 3.63) is 58.1 Å². The van der Waals surface area contributed by atoms with Gasteiger partial charge in [-0.15, -0.1) is 0 Å². The van der Waals surface area contributed by atoms with Gasteiger partial charge in [-0.05, 0) is 37.6 Å². The Morgan fingerprint density at radius 2 is 1.95 bits per heavy atom. The molecule has 2 N–H and O–H groups in total. The number of benzene rings is 2. The Kier molecular flexibility index (Phi) is 4.27. The molecular formula is C15H16ClNOS. The summed E-state index contributed by atoms with van der Waals surface area (Å²) in [6.07, 6.45) is 0. The number of hydrogen-bond acceptors (Lipinski definition) is 2. The van der Waals surface area contributed by atoms with E-state index in [1.54, 1.807) is 18.2 Å². The van der Waals surface area contributed by atoms with Crippen molar-refractivity contribution in [2.75, 3.05) is 5.73 Å². The second-order valence-corrected chi connectivity index (χ2v) is 6.39. The molecule has 2 nitrogen and oxygen atoms in total. The van der Waals surface area contributed by atoms with Crippen molar-refractivity contribution in [3.8, 4) is 0 Å². The molecule has 4 heteroatoms. The smallest absolute Gasteiger partial charge is 0.0578 e. The first kappa shape index (κ1) is 14.1. The van der Waals surface area contributed by atoms with Crippen LogP contribution < -0.4 is 5.73 Å². The van der Waals surface area contributed by atoms with Crippen LogP contribution in [0.1, 0.15) is 16.7 Å². The maximum atomic E-state index is 12.4. The standard InChI is InChI=1S/C15H16ClNOS/c1-10-6-7-15(11(2)8-10)19(18)9-12-13(16)4-3-5-14(12)17/h3-8H,9,17H2,1-2H3. The second kappa shape index (κ2) is 5.76. The van der Waals surface area contributed by atoms with Gasteiger partial charge in [-0.2, -0.15) is 0 Å². The summed E-state index contributed by atoms with van der Waals surface area (Å²) in [5, 5.41) is 0.568. The third-order valence-electron chi connectivity index (χ3n) is 3.01. The lowest BCUT2D eigenvalue weighted by Crippen LogP contribution is -2.03. The van der Waals surface area contributed by atoms with Crippen LogP contribution in [0.2, 0.25) is 5.02 Å². The Morgan fingerprint density at radius 1 is 1.21 bits per heavy atom. The molecule has 0 heterocycles. The lowest BCUT2D eigenvalue weighted by Gasteiger charge is -2.10. The Balaban J connectivity index is 2.31. The summed E-state index contributed by atoms with van der Waals surface area (Å²) in [6, 6.07) is 11.3. The zero-order valence-electron chi connectivity index (χ0n) is 10.9. The zero-order valence-corrected chi connectivity index (χ0v) is 12.5. The van der Waals surface area contributed by atoms with E-state index in [1.165, 1.54) is 0 Å². The van der Waals surface area contributed by atoms with E-state index in [2.05, 4.69) is 0 Å². The molecule has 2 aromatic rings. The fraction of sp³-hybridized carbons (Fsp3) is 0.200. The number of anilines is 1. The van der Waals surface area contributed by atoms with Crippen LogP contribution in [0.4, 0.5) is 5.69 Å². The minimum absolute atomic E-state index is 0.343. The number of nitrogen functional groups attached to an aromatic ring is 1. The summed E-state index contributed by atoms with van der Waals surface area (Å²) in [5.41, 5.74) is 9.43. The molecule has 0 aliphatic carbocycles. The molecule has 0 fully saturated rings. The van der Waals surface area contributed by atoms with Gasteiger partial charge in [0.1, 0.15) is 0 Å². The van der Waals surface area contributed by atoms with E-state index < -0.39 is 10.8 Å². The van der Waals surface area contributed by atoms with Crippen molar-refractivity contribution in [1.82, 2.24) is 0 Å². The second-order valence-electron chi connectivity index (χ2n) is 4.57. The summed E-state index contributed by atoms with van der Waals surface area (Å²) in [4.78, 5) is 0.838. The van der Waals surface area contributed by atoms with Gasteiger partial charge >= 0.3 is 0 Å². The van der Waals surface area contributed by atoms with E-state index in [0.29, 0.717) is 16.5 Å². The van der Waals surface area contributed by atoms with Crippen LogP contribution in [-0.4, -0.2) is 4.21 Å². The molecule has 1 unspecified atom stereocenters. The molecule has 1 atom stereocenters. The highest BCUT2D eigenvalue weighted by Crippen LogP contribution is 2.26. The summed E-state index contributed by atoms with van der Waals surface area (Å²) >= 11 is 6.11. The Bertz CT molecular complexity index is 620. The molecule has 0 saturated heterocycles. The van der Waals surface area contributed by atoms with Crippen molar-refractivity contribution in [2.45, 2.75) is 24.5 Å². The van der Waals surface area contributed by atoms with Crippen LogP contribution >= 0.6 is 11.6 Å². The molecule has 0 saturated carbocycles. The molecule has 0 radical (unpaired) electrons. The lowest BCUT2D eigenvalue weighted by atomic mass is 10.2. The number of nitrogens with two attached hydrogens (primary N) is 1. The maximum Gasteiger partial charge on any atom is 0.0578 e. The lowest BCUT2D eigenvalue weighted by molar-refractivity contribution is 0.682. The molecule has 19 heavy (non-hydrogen) atoms. The van der Waals surface area contributed by atoms with E-state index in [-0.39, 0.29) is 0 Å². The van der Waals surface area contributed by atoms with Crippen molar-refractivity contribution in [3.63, 3.8) is 0 Å². The quantitative estimate of drug-likeness (QED) is 0.874. The van der Waals surface area contributed by atoms with Crippen LogP contribution in [0.3, 0.4) is 0 Å². The van der Waals surface area contributed by atoms with Gasteiger partial charge in [-0.3, -0.25) is 4.21 Å². The van der Waals surface area contributed by atoms with Gasteiger partial charge in [-0.1, -0.05) is 35.4 Å². The first-order chi connectivity index (χ1) is 8.99. The molecule has 2 rings (SSSR count). The van der Waals surface area contributed by atoms with Gasteiger partial charge in [-0.25, -0.2) is 0 Å². The minimum Gasteiger partial charge on any atom is -0.398 e. The largest absolute Gasteiger partial charge is 0.398 e. The van der Waals surface area contributed by atoms with Crippen LogP contribution in [0.25, 0.3) is 0 Å². The molecule has 0 aliphatic rings. The molecule has 100 valence electrons. The van der Waals surface area contributed by atoms with Crippen LogP contribution in [0, 0.1) is 13.8 Å². The van der Waals surface area contributed by atoms with Crippen molar-refractivity contribution in [2.24, 2.45) is 0 Å².